The highest BCUT2D eigenvalue weighted by molar-refractivity contribution is 6.04. The molecule has 0 unspecified atom stereocenters. The Morgan fingerprint density at radius 2 is 1.43 bits per heavy atom. The summed E-state index contributed by atoms with van der Waals surface area (Å²) in [7, 11) is 0. The summed E-state index contributed by atoms with van der Waals surface area (Å²) >= 11 is 0. The van der Waals surface area contributed by atoms with E-state index in [-0.39, 0.29) is 28.4 Å². The zero-order chi connectivity index (χ0) is 10.9. The molecule has 0 atom stereocenters. The Morgan fingerprint density at radius 1 is 1.07 bits per heavy atom. The molecule has 0 radical (unpaired) electrons. The molecule has 0 saturated carbocycles. The molecule has 1 rings (SSSR count). The van der Waals surface area contributed by atoms with Gasteiger partial charge in [0.1, 0.15) is 5.75 Å². The van der Waals surface area contributed by atoms with Gasteiger partial charge in [-0.2, -0.15) is 0 Å². The first-order chi connectivity index (χ1) is 6.43. The Labute approximate surface area is 82.4 Å². The van der Waals surface area contributed by atoms with Gasteiger partial charge in [-0.3, -0.25) is 9.59 Å². The van der Waals surface area contributed by atoms with E-state index < -0.39 is 0 Å². The minimum Gasteiger partial charge on any atom is -0.506 e. The van der Waals surface area contributed by atoms with Crippen molar-refractivity contribution >= 4 is 11.6 Å². The lowest BCUT2D eigenvalue weighted by atomic mass is 10.0. The van der Waals surface area contributed by atoms with E-state index in [1.54, 1.807) is 19.1 Å². The molecule has 0 aliphatic heterocycles. The Bertz CT molecular complexity index is 370. The summed E-state index contributed by atoms with van der Waals surface area (Å²) in [6.07, 6.45) is 0. The number of hydrogen-bond acceptors (Lipinski definition) is 3. The van der Waals surface area contributed by atoms with Gasteiger partial charge < -0.3 is 5.11 Å². The highest BCUT2D eigenvalue weighted by atomic mass is 16.3. The van der Waals surface area contributed by atoms with Gasteiger partial charge in [0, 0.05) is 0 Å². The number of phenolic OH excluding ortho intramolecular Hbond substituents is 1. The molecule has 0 aliphatic carbocycles. The standard InChI is InChI=1S/C11H12O3/c1-6-4-9(7(2)12)11(14)10(5-6)8(3)13/h4-5,14H,1-3H3. The molecule has 74 valence electrons. The number of benzene rings is 1. The van der Waals surface area contributed by atoms with Gasteiger partial charge in [-0.1, -0.05) is 0 Å². The highest BCUT2D eigenvalue weighted by Gasteiger charge is 2.14. The van der Waals surface area contributed by atoms with E-state index in [2.05, 4.69) is 0 Å². The SMILES string of the molecule is CC(=O)c1cc(C)cc(C(C)=O)c1O. The van der Waals surface area contributed by atoms with Gasteiger partial charge in [-0.15, -0.1) is 0 Å². The minimum atomic E-state index is -0.242. The van der Waals surface area contributed by atoms with Crippen LogP contribution in [0.15, 0.2) is 12.1 Å². The summed E-state index contributed by atoms with van der Waals surface area (Å²) in [5, 5.41) is 9.61. The number of carbonyl (C=O) groups excluding carboxylic acids is 2. The first kappa shape index (κ1) is 10.4. The van der Waals surface area contributed by atoms with Crippen molar-refractivity contribution in [2.24, 2.45) is 0 Å². The maximum atomic E-state index is 11.1. The Morgan fingerprint density at radius 3 is 1.71 bits per heavy atom. The molecular weight excluding hydrogens is 180 g/mol. The third kappa shape index (κ3) is 1.82. The molecule has 1 aromatic carbocycles. The van der Waals surface area contributed by atoms with Crippen molar-refractivity contribution in [1.82, 2.24) is 0 Å². The molecule has 0 aromatic heterocycles. The summed E-state index contributed by atoms with van der Waals surface area (Å²) in [6.45, 7) is 4.50. The largest absolute Gasteiger partial charge is 0.506 e. The zero-order valence-electron chi connectivity index (χ0n) is 8.42. The maximum Gasteiger partial charge on any atom is 0.163 e. The lowest BCUT2D eigenvalue weighted by molar-refractivity contribution is 0.101. The predicted molar refractivity (Wildman–Crippen MR) is 52.9 cm³/mol. The second kappa shape index (κ2) is 3.62. The number of rotatable bonds is 2. The molecule has 0 saturated heterocycles. The molecule has 0 aliphatic rings. The van der Waals surface area contributed by atoms with E-state index in [1.165, 1.54) is 13.8 Å². The molecule has 3 nitrogen and oxygen atoms in total. The fourth-order valence-corrected chi connectivity index (χ4v) is 1.32. The number of hydrogen-bond donors (Lipinski definition) is 1. The Kier molecular flexibility index (Phi) is 2.70. The number of carbonyl (C=O) groups is 2. The third-order valence-corrected chi connectivity index (χ3v) is 2.01. The van der Waals surface area contributed by atoms with Gasteiger partial charge in [0.2, 0.25) is 0 Å². The van der Waals surface area contributed by atoms with Gasteiger partial charge in [0.05, 0.1) is 11.1 Å². The second-order valence-corrected chi connectivity index (χ2v) is 3.32. The van der Waals surface area contributed by atoms with Crippen LogP contribution in [0.2, 0.25) is 0 Å². The van der Waals surface area contributed by atoms with Crippen molar-refractivity contribution < 1.29 is 14.7 Å². The summed E-state index contributed by atoms with van der Waals surface area (Å²) in [5.41, 5.74) is 1.20. The third-order valence-electron chi connectivity index (χ3n) is 2.01. The lowest BCUT2D eigenvalue weighted by Crippen LogP contribution is -2.00. The van der Waals surface area contributed by atoms with Crippen LogP contribution in [0.3, 0.4) is 0 Å². The summed E-state index contributed by atoms with van der Waals surface area (Å²) in [5.74, 6) is -0.696. The van der Waals surface area contributed by atoms with Crippen molar-refractivity contribution in [1.29, 1.82) is 0 Å². The van der Waals surface area contributed by atoms with Crippen LogP contribution in [0.4, 0.5) is 0 Å². The van der Waals surface area contributed by atoms with Crippen molar-refractivity contribution in [3.8, 4) is 5.75 Å². The van der Waals surface area contributed by atoms with Crippen LogP contribution in [0.5, 0.6) is 5.75 Å². The summed E-state index contributed by atoms with van der Waals surface area (Å²) < 4.78 is 0. The van der Waals surface area contributed by atoms with Crippen molar-refractivity contribution in [3.05, 3.63) is 28.8 Å². The second-order valence-electron chi connectivity index (χ2n) is 3.32. The maximum absolute atomic E-state index is 11.1. The van der Waals surface area contributed by atoms with Crippen molar-refractivity contribution in [2.45, 2.75) is 20.8 Å². The molecule has 0 amide bonds. The van der Waals surface area contributed by atoms with Crippen LogP contribution in [-0.2, 0) is 0 Å². The van der Waals surface area contributed by atoms with Crippen molar-refractivity contribution in [2.75, 3.05) is 0 Å². The topological polar surface area (TPSA) is 54.4 Å². The molecule has 0 bridgehead atoms. The smallest absolute Gasteiger partial charge is 0.163 e. The van der Waals surface area contributed by atoms with Crippen molar-refractivity contribution in [3.63, 3.8) is 0 Å². The van der Waals surface area contributed by atoms with Gasteiger partial charge in [0.15, 0.2) is 11.6 Å². The number of aromatic hydroxyl groups is 1. The van der Waals surface area contributed by atoms with Crippen LogP contribution < -0.4 is 0 Å². The van der Waals surface area contributed by atoms with E-state index in [9.17, 15) is 14.7 Å². The van der Waals surface area contributed by atoms with Crippen LogP contribution in [0.25, 0.3) is 0 Å². The highest BCUT2D eigenvalue weighted by Crippen LogP contribution is 2.25. The number of aryl methyl sites for hydroxylation is 1. The van der Waals surface area contributed by atoms with Crippen LogP contribution >= 0.6 is 0 Å². The van der Waals surface area contributed by atoms with E-state index in [0.29, 0.717) is 0 Å². The first-order valence-electron chi connectivity index (χ1n) is 4.29. The Balaban J connectivity index is 3.47. The molecule has 0 heterocycles. The molecule has 0 fully saturated rings. The monoisotopic (exact) mass is 192 g/mol. The Hall–Kier alpha value is -1.64. The number of ketones is 2. The molecule has 14 heavy (non-hydrogen) atoms. The van der Waals surface area contributed by atoms with E-state index in [0.717, 1.165) is 5.56 Å². The number of Topliss-reactive ketones (excluding diaryl/α,β-unsaturated/α-hetero) is 2. The van der Waals surface area contributed by atoms with E-state index in [4.69, 9.17) is 0 Å². The number of phenols is 1. The van der Waals surface area contributed by atoms with Crippen LogP contribution in [0.1, 0.15) is 40.1 Å². The normalized spacial score (nSPS) is 9.93. The molecule has 1 aromatic rings. The minimum absolute atomic E-state index is 0.204. The van der Waals surface area contributed by atoms with Gasteiger partial charge in [-0.25, -0.2) is 0 Å². The van der Waals surface area contributed by atoms with E-state index in [1.807, 2.05) is 0 Å². The van der Waals surface area contributed by atoms with E-state index >= 15 is 0 Å². The predicted octanol–water partition coefficient (Wildman–Crippen LogP) is 2.11. The summed E-state index contributed by atoms with van der Waals surface area (Å²) in [6, 6.07) is 3.15. The fraction of sp³-hybridized carbons (Fsp3) is 0.273. The average molecular weight is 192 g/mol. The van der Waals surface area contributed by atoms with Crippen LogP contribution in [0, 0.1) is 6.92 Å². The summed E-state index contributed by atoms with van der Waals surface area (Å²) in [4.78, 5) is 22.2. The van der Waals surface area contributed by atoms with Gasteiger partial charge in [-0.05, 0) is 38.5 Å². The molecule has 3 heteroatoms. The fourth-order valence-electron chi connectivity index (χ4n) is 1.32. The molecule has 0 spiro atoms. The van der Waals surface area contributed by atoms with Gasteiger partial charge >= 0.3 is 0 Å². The first-order valence-corrected chi connectivity index (χ1v) is 4.29. The van der Waals surface area contributed by atoms with Gasteiger partial charge in [0.25, 0.3) is 0 Å². The lowest BCUT2D eigenvalue weighted by Gasteiger charge is -2.06. The van der Waals surface area contributed by atoms with Crippen LogP contribution in [-0.4, -0.2) is 16.7 Å². The average Bonchev–Trinajstić information content (AvgIpc) is 2.07. The quantitative estimate of drug-likeness (QED) is 0.730. The molecular formula is C11H12O3. The zero-order valence-corrected chi connectivity index (χ0v) is 8.42. The molecule has 1 N–H and O–H groups in total.